The van der Waals surface area contributed by atoms with Crippen molar-refractivity contribution in [3.05, 3.63) is 0 Å². The molecule has 16 heteroatoms. The number of cyclic esters (lactones) is 1. The first-order chi connectivity index (χ1) is 26.7. The number of nitrogens with zero attached hydrogens (tertiary/aromatic N) is 2. The van der Waals surface area contributed by atoms with Gasteiger partial charge in [-0.2, -0.15) is 0 Å². The van der Waals surface area contributed by atoms with Crippen molar-refractivity contribution in [2.75, 3.05) is 46.9 Å². The number of ketones is 1. The number of likely N-dealkylation sites (tertiary alicyclic amines) is 1. The van der Waals surface area contributed by atoms with Gasteiger partial charge in [0.15, 0.2) is 6.29 Å². The molecule has 0 aromatic rings. The summed E-state index contributed by atoms with van der Waals surface area (Å²) in [6.07, 6.45) is -5.05. The molecule has 57 heavy (non-hydrogen) atoms. The fraction of sp³-hybridized carbons (Fsp3) is 0.902. The summed E-state index contributed by atoms with van der Waals surface area (Å²) in [5.41, 5.74) is -3.25. The first-order valence-corrected chi connectivity index (χ1v) is 21.1. The second-order valence-corrected chi connectivity index (χ2v) is 17.8. The van der Waals surface area contributed by atoms with Crippen molar-refractivity contribution in [1.82, 2.24) is 20.4 Å². The van der Waals surface area contributed by atoms with E-state index in [0.717, 1.165) is 19.4 Å². The van der Waals surface area contributed by atoms with E-state index in [4.69, 9.17) is 18.9 Å². The zero-order valence-electron chi connectivity index (χ0n) is 35.8. The highest BCUT2D eigenvalue weighted by Gasteiger charge is 2.52. The van der Waals surface area contributed by atoms with Crippen LogP contribution in [-0.4, -0.2) is 167 Å². The molecule has 0 saturated carbocycles. The Hall–Kier alpha value is -2.28. The first kappa shape index (κ1) is 47.4. The summed E-state index contributed by atoms with van der Waals surface area (Å²) in [5.74, 6) is -5.09. The molecule has 0 bridgehead atoms. The van der Waals surface area contributed by atoms with Crippen molar-refractivity contribution in [3.63, 3.8) is 0 Å². The van der Waals surface area contributed by atoms with Gasteiger partial charge in [0.05, 0.1) is 41.9 Å². The Morgan fingerprint density at radius 3 is 2.35 bits per heavy atom. The molecule has 328 valence electrons. The Balaban J connectivity index is 1.52. The smallest absolute Gasteiger partial charge is 0.311 e. The maximum Gasteiger partial charge on any atom is 0.311 e. The first-order valence-electron chi connectivity index (χ1n) is 21.1. The summed E-state index contributed by atoms with van der Waals surface area (Å²) in [4.78, 5) is 57.4. The molecule has 4 rings (SSSR count). The van der Waals surface area contributed by atoms with E-state index in [1.165, 1.54) is 27.9 Å². The van der Waals surface area contributed by atoms with Gasteiger partial charge in [0, 0.05) is 57.1 Å². The molecule has 4 saturated heterocycles. The van der Waals surface area contributed by atoms with Crippen LogP contribution >= 0.6 is 0 Å². The Morgan fingerprint density at radius 1 is 1.05 bits per heavy atom. The Bertz CT molecular complexity index is 1380. The van der Waals surface area contributed by atoms with E-state index in [9.17, 15) is 39.6 Å². The predicted octanol–water partition coefficient (Wildman–Crippen LogP) is 0.601. The molecular formula is C41H72N4O12. The molecule has 6 N–H and O–H groups in total. The number of aliphatic hydroxyl groups excluding tert-OH is 3. The van der Waals surface area contributed by atoms with Gasteiger partial charge >= 0.3 is 5.97 Å². The summed E-state index contributed by atoms with van der Waals surface area (Å²) >= 11 is 0. The predicted molar refractivity (Wildman–Crippen MR) is 209 cm³/mol. The fourth-order valence-electron chi connectivity index (χ4n) is 9.55. The minimum Gasteiger partial charge on any atom is -0.459 e. The lowest BCUT2D eigenvalue weighted by atomic mass is 9.74. The zero-order chi connectivity index (χ0) is 42.6. The van der Waals surface area contributed by atoms with Crippen LogP contribution in [0, 0.1) is 29.6 Å². The van der Waals surface area contributed by atoms with Gasteiger partial charge in [0.25, 0.3) is 0 Å². The number of carbonyl (C=O) groups excluding carboxylic acids is 4. The van der Waals surface area contributed by atoms with E-state index in [-0.39, 0.29) is 49.0 Å². The van der Waals surface area contributed by atoms with Crippen LogP contribution in [0.15, 0.2) is 0 Å². The molecule has 16 atom stereocenters. The molecule has 0 aromatic carbocycles. The number of likely N-dealkylation sites (N-methyl/N-ethyl adjacent to an activating group) is 1. The summed E-state index contributed by atoms with van der Waals surface area (Å²) in [6.45, 7) is 15.8. The van der Waals surface area contributed by atoms with Crippen LogP contribution in [0.25, 0.3) is 0 Å². The highest BCUT2D eigenvalue weighted by atomic mass is 16.7. The van der Waals surface area contributed by atoms with Crippen LogP contribution < -0.4 is 10.6 Å². The lowest BCUT2D eigenvalue weighted by Gasteiger charge is -2.48. The highest BCUT2D eigenvalue weighted by molar-refractivity contribution is 5.89. The van der Waals surface area contributed by atoms with Crippen LogP contribution in [0.2, 0.25) is 0 Å². The summed E-state index contributed by atoms with van der Waals surface area (Å²) in [5, 5.41) is 52.5. The fourth-order valence-corrected chi connectivity index (χ4v) is 9.55. The normalized spacial score (nSPS) is 42.8. The molecule has 1 unspecified atom stereocenters. The van der Waals surface area contributed by atoms with Gasteiger partial charge in [-0.25, -0.2) is 0 Å². The Labute approximate surface area is 338 Å². The third-order valence-corrected chi connectivity index (χ3v) is 13.4. The average molecular weight is 813 g/mol. The van der Waals surface area contributed by atoms with Crippen molar-refractivity contribution >= 4 is 23.6 Å². The van der Waals surface area contributed by atoms with Crippen molar-refractivity contribution < 1.29 is 58.6 Å². The number of hydrogen-bond acceptors (Lipinski definition) is 14. The van der Waals surface area contributed by atoms with Crippen molar-refractivity contribution in [1.29, 1.82) is 0 Å². The summed E-state index contributed by atoms with van der Waals surface area (Å²) < 4.78 is 24.7. The van der Waals surface area contributed by atoms with Crippen molar-refractivity contribution in [3.8, 4) is 0 Å². The minimum atomic E-state index is -1.96. The summed E-state index contributed by atoms with van der Waals surface area (Å²) in [6, 6.07) is -0.959. The van der Waals surface area contributed by atoms with E-state index in [2.05, 4.69) is 10.6 Å². The number of rotatable bonds is 10. The second-order valence-electron chi connectivity index (χ2n) is 17.8. The molecule has 2 amide bonds. The van der Waals surface area contributed by atoms with E-state index in [0.29, 0.717) is 32.5 Å². The van der Waals surface area contributed by atoms with Gasteiger partial charge in [-0.3, -0.25) is 24.1 Å². The van der Waals surface area contributed by atoms with Gasteiger partial charge in [-0.1, -0.05) is 27.7 Å². The number of aliphatic hydroxyl groups is 4. The number of methoxy groups -OCH3 is 1. The van der Waals surface area contributed by atoms with E-state index in [1.54, 1.807) is 32.6 Å². The van der Waals surface area contributed by atoms with E-state index in [1.807, 2.05) is 18.9 Å². The topological polar surface area (TPSA) is 217 Å². The standard InChI is InChI=1S/C41H72N4O12/c1-11-30-41(8,53)34(49)24(4)31(46)22(2)20-40(7,54-10)35(25(5)32(47)26(6)38(52)56-30)57-39-33(48)29(19-23(3)55-39)44(9)18-16-43-36(50)28-13-12-17-45(28)37(51)27-14-15-42-21-27/h22-30,32-35,39,42,47-49,53H,11-21H2,1-10H3,(H,43,50)/t22-,23-,24+,25+,26-,27?,28+,29+,30-,32+,33-,34-,35-,39+,40-,41-/m1/s1. The average Bonchev–Trinajstić information content (AvgIpc) is 3.91. The van der Waals surface area contributed by atoms with Gasteiger partial charge in [0.1, 0.15) is 29.6 Å². The van der Waals surface area contributed by atoms with Gasteiger partial charge in [-0.15, -0.1) is 0 Å². The molecule has 16 nitrogen and oxygen atoms in total. The molecule has 4 heterocycles. The quantitative estimate of drug-likeness (QED) is 0.167. The van der Waals surface area contributed by atoms with Gasteiger partial charge in [-0.05, 0) is 79.8 Å². The number of esters is 1. The van der Waals surface area contributed by atoms with Crippen LogP contribution in [0.1, 0.15) is 93.9 Å². The largest absolute Gasteiger partial charge is 0.459 e. The molecule has 0 radical (unpaired) electrons. The zero-order valence-corrected chi connectivity index (χ0v) is 35.8. The minimum absolute atomic E-state index is 0.0298. The maximum absolute atomic E-state index is 13.8. The van der Waals surface area contributed by atoms with E-state index >= 15 is 0 Å². The number of ether oxygens (including phenoxy) is 4. The number of Topliss-reactive ketones (excluding diaryl/α,β-unsaturated/α-hetero) is 1. The molecule has 0 aromatic heterocycles. The Morgan fingerprint density at radius 2 is 1.74 bits per heavy atom. The molecule has 0 aliphatic carbocycles. The lowest BCUT2D eigenvalue weighted by molar-refractivity contribution is -0.302. The van der Waals surface area contributed by atoms with Crippen LogP contribution in [0.4, 0.5) is 0 Å². The van der Waals surface area contributed by atoms with Crippen molar-refractivity contribution in [2.24, 2.45) is 29.6 Å². The van der Waals surface area contributed by atoms with Gasteiger partial charge < -0.3 is 54.9 Å². The van der Waals surface area contributed by atoms with Crippen molar-refractivity contribution in [2.45, 2.75) is 160 Å². The number of amides is 2. The number of hydrogen-bond donors (Lipinski definition) is 6. The lowest BCUT2D eigenvalue weighted by Crippen LogP contribution is -2.61. The molecule has 0 spiro atoms. The molecular weight excluding hydrogens is 740 g/mol. The third-order valence-electron chi connectivity index (χ3n) is 13.4. The third kappa shape index (κ3) is 10.5. The monoisotopic (exact) mass is 813 g/mol. The van der Waals surface area contributed by atoms with Gasteiger partial charge in [0.2, 0.25) is 11.8 Å². The van der Waals surface area contributed by atoms with Crippen LogP contribution in [0.5, 0.6) is 0 Å². The van der Waals surface area contributed by atoms with Crippen LogP contribution in [-0.2, 0) is 38.1 Å². The summed E-state index contributed by atoms with van der Waals surface area (Å²) in [7, 11) is 3.30. The second kappa shape index (κ2) is 19.9. The molecule has 4 fully saturated rings. The molecule has 4 aliphatic heterocycles. The Kier molecular flexibility index (Phi) is 16.5. The number of carbonyl (C=O) groups is 4. The maximum atomic E-state index is 13.8. The highest BCUT2D eigenvalue weighted by Crippen LogP contribution is 2.39. The van der Waals surface area contributed by atoms with Crippen LogP contribution in [0.3, 0.4) is 0 Å². The molecule has 4 aliphatic rings. The van der Waals surface area contributed by atoms with E-state index < -0.39 is 89.7 Å². The number of nitrogens with one attached hydrogen (secondary N) is 2. The SMILES string of the molecule is CC[C@H]1OC(=O)[C@H](C)[C@@H](O)[C@H](C)[C@@H](O[C@@H]2O[C@H](C)C[C@H](N(C)CCNC(=O)[C@@H]3CCCN3C(=O)C3CCNC3)[C@H]2O)[C@](C)(OC)C[C@@H](C)C(=O)[C@H](C)[C@@H](O)[C@]1(C)O.